The molecule has 0 atom stereocenters. The Morgan fingerprint density at radius 3 is 1.90 bits per heavy atom. The normalized spacial score (nSPS) is 12.6. The summed E-state index contributed by atoms with van der Waals surface area (Å²) in [5.41, 5.74) is 10.4. The predicted octanol–water partition coefficient (Wildman–Crippen LogP) is 11.8. The molecule has 0 bridgehead atoms. The highest BCUT2D eigenvalue weighted by Gasteiger charge is 2.32. The van der Waals surface area contributed by atoms with E-state index in [-0.39, 0.29) is 5.92 Å². The zero-order valence-corrected chi connectivity index (χ0v) is 28.2. The van der Waals surface area contributed by atoms with Crippen LogP contribution < -0.4 is 0 Å². The predicted molar refractivity (Wildman–Crippen MR) is 211 cm³/mol. The van der Waals surface area contributed by atoms with Crippen molar-refractivity contribution in [3.63, 3.8) is 0 Å². The second-order valence-corrected chi connectivity index (χ2v) is 14.3. The topological polar surface area (TPSA) is 43.6 Å². The summed E-state index contributed by atoms with van der Waals surface area (Å²) < 4.78 is 4.72. The van der Waals surface area contributed by atoms with Gasteiger partial charge in [-0.15, -0.1) is 11.3 Å². The second-order valence-electron chi connectivity index (χ2n) is 13.2. The SMILES string of the molecule is c1ccc(-c2ccc3c(c2)c2ccccc2n3-c2nc(-c3ccc4c(c3)sc3ccccc34)nc(C3c4ccccc4-c4ccccc43)n2)cc1. The number of rotatable bonds is 4. The molecule has 10 aromatic rings. The molecular weight excluding hydrogens is 641 g/mol. The average molecular weight is 669 g/mol. The lowest BCUT2D eigenvalue weighted by Crippen LogP contribution is -2.12. The van der Waals surface area contributed by atoms with Crippen LogP contribution in [0.15, 0.2) is 164 Å². The van der Waals surface area contributed by atoms with Crippen LogP contribution in [0.4, 0.5) is 0 Å². The third-order valence-corrected chi connectivity index (χ3v) is 11.5. The third-order valence-electron chi connectivity index (χ3n) is 10.3. The molecule has 3 aromatic heterocycles. The van der Waals surface area contributed by atoms with Gasteiger partial charge < -0.3 is 0 Å². The summed E-state index contributed by atoms with van der Waals surface area (Å²) in [5, 5.41) is 4.86. The molecule has 4 nitrogen and oxygen atoms in total. The lowest BCUT2D eigenvalue weighted by atomic mass is 9.96. The molecular formula is C46H28N4S. The maximum absolute atomic E-state index is 5.40. The van der Waals surface area contributed by atoms with Crippen LogP contribution in [0, 0.1) is 0 Å². The van der Waals surface area contributed by atoms with Crippen LogP contribution in [0.3, 0.4) is 0 Å². The minimum absolute atomic E-state index is 0.122. The molecule has 238 valence electrons. The molecule has 0 N–H and O–H groups in total. The van der Waals surface area contributed by atoms with Crippen LogP contribution in [0.5, 0.6) is 0 Å². The van der Waals surface area contributed by atoms with Crippen LogP contribution in [0.2, 0.25) is 0 Å². The lowest BCUT2D eigenvalue weighted by Gasteiger charge is -2.16. The number of nitrogens with zero attached hydrogens (tertiary/aromatic N) is 4. The first kappa shape index (κ1) is 28.4. The molecule has 7 aromatic carbocycles. The number of hydrogen-bond donors (Lipinski definition) is 0. The molecule has 11 rings (SSSR count). The monoisotopic (exact) mass is 668 g/mol. The van der Waals surface area contributed by atoms with Gasteiger partial charge >= 0.3 is 0 Å². The summed E-state index contributed by atoms with van der Waals surface area (Å²) in [5.74, 6) is 1.91. The first-order valence-corrected chi connectivity index (χ1v) is 18.0. The highest BCUT2D eigenvalue weighted by atomic mass is 32.1. The van der Waals surface area contributed by atoms with E-state index in [0.29, 0.717) is 11.8 Å². The minimum atomic E-state index is -0.122. The van der Waals surface area contributed by atoms with E-state index in [2.05, 4.69) is 168 Å². The smallest absolute Gasteiger partial charge is 0.238 e. The fourth-order valence-corrected chi connectivity index (χ4v) is 9.18. The second kappa shape index (κ2) is 11.0. The zero-order valence-electron chi connectivity index (χ0n) is 27.4. The molecule has 0 fully saturated rings. The van der Waals surface area contributed by atoms with E-state index in [1.165, 1.54) is 58.9 Å². The number of fused-ring (bicyclic) bond motifs is 9. The molecule has 0 radical (unpaired) electrons. The van der Waals surface area contributed by atoms with Crippen LogP contribution in [0.25, 0.3) is 81.6 Å². The maximum Gasteiger partial charge on any atom is 0.238 e. The van der Waals surface area contributed by atoms with Crippen molar-refractivity contribution in [3.8, 4) is 39.6 Å². The van der Waals surface area contributed by atoms with Gasteiger partial charge in [0, 0.05) is 36.5 Å². The fraction of sp³-hybridized carbons (Fsp3) is 0.0217. The summed E-state index contributed by atoms with van der Waals surface area (Å²) >= 11 is 1.81. The third kappa shape index (κ3) is 4.35. The van der Waals surface area contributed by atoms with Gasteiger partial charge in [-0.05, 0) is 63.7 Å². The van der Waals surface area contributed by atoms with Crippen molar-refractivity contribution in [1.82, 2.24) is 19.5 Å². The maximum atomic E-state index is 5.40. The van der Waals surface area contributed by atoms with Crippen LogP contribution in [-0.4, -0.2) is 19.5 Å². The molecule has 3 heterocycles. The van der Waals surface area contributed by atoms with E-state index in [1.807, 2.05) is 11.3 Å². The Bertz CT molecular complexity index is 2950. The molecule has 0 amide bonds. The number of hydrogen-bond acceptors (Lipinski definition) is 4. The molecule has 1 aliphatic carbocycles. The Hall–Kier alpha value is -6.43. The summed E-state index contributed by atoms with van der Waals surface area (Å²) in [6, 6.07) is 58.4. The van der Waals surface area contributed by atoms with Crippen molar-refractivity contribution < 1.29 is 0 Å². The highest BCUT2D eigenvalue weighted by molar-refractivity contribution is 7.25. The van der Waals surface area contributed by atoms with Gasteiger partial charge in [0.25, 0.3) is 0 Å². The molecule has 51 heavy (non-hydrogen) atoms. The Morgan fingerprint density at radius 1 is 0.431 bits per heavy atom. The van der Waals surface area contributed by atoms with Crippen molar-refractivity contribution in [2.24, 2.45) is 0 Å². The van der Waals surface area contributed by atoms with Gasteiger partial charge in [-0.3, -0.25) is 4.57 Å². The summed E-state index contributed by atoms with van der Waals surface area (Å²) in [7, 11) is 0. The Morgan fingerprint density at radius 2 is 1.08 bits per heavy atom. The quantitative estimate of drug-likeness (QED) is 0.187. The number of aromatic nitrogens is 4. The van der Waals surface area contributed by atoms with E-state index in [1.54, 1.807) is 0 Å². The molecule has 0 aliphatic heterocycles. The van der Waals surface area contributed by atoms with Crippen molar-refractivity contribution in [2.75, 3.05) is 0 Å². The van der Waals surface area contributed by atoms with E-state index in [9.17, 15) is 0 Å². The van der Waals surface area contributed by atoms with Gasteiger partial charge in [-0.2, -0.15) is 9.97 Å². The highest BCUT2D eigenvalue weighted by Crippen LogP contribution is 2.47. The molecule has 0 saturated carbocycles. The van der Waals surface area contributed by atoms with E-state index in [4.69, 9.17) is 15.0 Å². The first-order valence-electron chi connectivity index (χ1n) is 17.2. The largest absolute Gasteiger partial charge is 0.278 e. The first-order chi connectivity index (χ1) is 25.3. The van der Waals surface area contributed by atoms with Crippen LogP contribution in [-0.2, 0) is 0 Å². The standard InChI is InChI=1S/C46H28N4S/c1-2-12-28(13-3-1)29-23-25-40-38(26-29)33-16-8-10-20-39(33)50(40)46-48-44(30-22-24-35-34-17-9-11-21-41(34)51-42(35)27-30)47-45(49-46)43-36-18-6-4-14-31(36)32-15-5-7-19-37(32)43/h1-27,43H. The summed E-state index contributed by atoms with van der Waals surface area (Å²) in [6.45, 7) is 0. The van der Waals surface area contributed by atoms with E-state index in [0.717, 1.165) is 27.8 Å². The Balaban J connectivity index is 1.18. The van der Waals surface area contributed by atoms with Crippen LogP contribution in [0.1, 0.15) is 22.9 Å². The van der Waals surface area contributed by atoms with Crippen molar-refractivity contribution in [1.29, 1.82) is 0 Å². The van der Waals surface area contributed by atoms with Gasteiger partial charge in [-0.25, -0.2) is 4.98 Å². The van der Waals surface area contributed by atoms with Gasteiger partial charge in [0.1, 0.15) is 5.82 Å². The average Bonchev–Trinajstić information content (AvgIpc) is 3.85. The van der Waals surface area contributed by atoms with E-state index < -0.39 is 0 Å². The Labute approximate surface area is 298 Å². The summed E-state index contributed by atoms with van der Waals surface area (Å²) in [4.78, 5) is 16.1. The minimum Gasteiger partial charge on any atom is -0.278 e. The molecule has 0 spiro atoms. The number of thiophene rings is 1. The summed E-state index contributed by atoms with van der Waals surface area (Å²) in [6.07, 6.45) is 0. The zero-order chi connectivity index (χ0) is 33.5. The van der Waals surface area contributed by atoms with Crippen molar-refractivity contribution >= 4 is 53.3 Å². The molecule has 5 heteroatoms. The molecule has 0 saturated heterocycles. The fourth-order valence-electron chi connectivity index (χ4n) is 8.04. The molecule has 1 aliphatic rings. The number of para-hydroxylation sites is 1. The van der Waals surface area contributed by atoms with Crippen LogP contribution >= 0.6 is 11.3 Å². The van der Waals surface area contributed by atoms with E-state index >= 15 is 0 Å². The molecule has 0 unspecified atom stereocenters. The van der Waals surface area contributed by atoms with Gasteiger partial charge in [0.05, 0.1) is 17.0 Å². The Kier molecular flexibility index (Phi) is 6.15. The van der Waals surface area contributed by atoms with Crippen molar-refractivity contribution in [2.45, 2.75) is 5.92 Å². The van der Waals surface area contributed by atoms with Gasteiger partial charge in [-0.1, -0.05) is 133 Å². The lowest BCUT2D eigenvalue weighted by molar-refractivity contribution is 0.823. The number of benzene rings is 7. The van der Waals surface area contributed by atoms with Gasteiger partial charge in [0.2, 0.25) is 5.95 Å². The van der Waals surface area contributed by atoms with Gasteiger partial charge in [0.15, 0.2) is 5.82 Å². The van der Waals surface area contributed by atoms with Crippen molar-refractivity contribution in [3.05, 3.63) is 181 Å².